The van der Waals surface area contributed by atoms with Gasteiger partial charge in [-0.05, 0) is 59.0 Å². The molecule has 3 unspecified atom stereocenters. The van der Waals surface area contributed by atoms with Crippen LogP contribution in [-0.2, 0) is 32.2 Å². The standard InChI is InChI=1S/C29H25IN2O13P2/c30-20-13-7-8-14-22(20)46(37,38)45-47(39,40)41-17-21-24(43-27(34)18-9-3-1-4-10-18)25(44-28(35)19-11-5-2-6-12-19)26(42-21)32-16-15-23(33)31-29(32)36/h1-16,21,24-26H,17H2,(H,37,38)(H,39,40)(H,31,33,36)/p-2/t21-,24?,25+,26-/m1/s1. The van der Waals surface area contributed by atoms with Crippen molar-refractivity contribution in [2.75, 3.05) is 6.61 Å². The summed E-state index contributed by atoms with van der Waals surface area (Å²) in [5, 5.41) is -0.405. The Morgan fingerprint density at radius 3 is 1.96 bits per heavy atom. The summed E-state index contributed by atoms with van der Waals surface area (Å²) < 4.78 is 53.2. The van der Waals surface area contributed by atoms with Crippen LogP contribution in [0.1, 0.15) is 26.9 Å². The maximum atomic E-state index is 13.2. The summed E-state index contributed by atoms with van der Waals surface area (Å²) in [6.07, 6.45) is -5.44. The van der Waals surface area contributed by atoms with Crippen LogP contribution in [0, 0.1) is 3.57 Å². The van der Waals surface area contributed by atoms with E-state index < -0.39 is 75.1 Å². The lowest BCUT2D eigenvalue weighted by molar-refractivity contribution is -0.232. The fourth-order valence-electron chi connectivity index (χ4n) is 4.53. The SMILES string of the molecule is O=C(OC1[C@@H](COP(=O)([O-])OP(=O)([O-])c2ccccc2I)O[C@@H](n2ccc(=O)[nH]c2=O)[C@H]1OC(=O)c1ccccc1)c1ccccc1. The van der Waals surface area contributed by atoms with Crippen molar-refractivity contribution >= 4 is 55.3 Å². The summed E-state index contributed by atoms with van der Waals surface area (Å²) in [6.45, 7) is -1.02. The summed E-state index contributed by atoms with van der Waals surface area (Å²) in [4.78, 5) is 78.5. The molecule has 18 heteroatoms. The number of halogens is 1. The first kappa shape index (κ1) is 34.6. The van der Waals surface area contributed by atoms with Crippen LogP contribution in [0.2, 0.25) is 0 Å². The first-order chi connectivity index (χ1) is 22.3. The number of carbonyl (C=O) groups is 2. The van der Waals surface area contributed by atoms with Gasteiger partial charge in [-0.2, -0.15) is 0 Å². The van der Waals surface area contributed by atoms with E-state index in [1.807, 2.05) is 4.98 Å². The molecule has 2 heterocycles. The van der Waals surface area contributed by atoms with Gasteiger partial charge in [0, 0.05) is 21.1 Å². The number of carbonyl (C=O) groups excluding carboxylic acids is 2. The molecular formula is C29H23IN2O13P2-2. The largest absolute Gasteiger partial charge is 0.775 e. The Balaban J connectivity index is 1.48. The van der Waals surface area contributed by atoms with Gasteiger partial charge in [-0.1, -0.05) is 48.5 Å². The van der Waals surface area contributed by atoms with Crippen LogP contribution in [0.3, 0.4) is 0 Å². The predicted molar refractivity (Wildman–Crippen MR) is 168 cm³/mol. The Bertz CT molecular complexity index is 1970. The zero-order valence-corrected chi connectivity index (χ0v) is 27.7. The smallest absolute Gasteiger partial charge is 0.338 e. The number of hydrogen-bond acceptors (Lipinski definition) is 13. The third kappa shape index (κ3) is 8.41. The van der Waals surface area contributed by atoms with Crippen LogP contribution in [0.5, 0.6) is 0 Å². The summed E-state index contributed by atoms with van der Waals surface area (Å²) in [5.41, 5.74) is -1.62. The van der Waals surface area contributed by atoms with Crippen molar-refractivity contribution in [3.8, 4) is 0 Å². The molecule has 0 radical (unpaired) electrons. The lowest BCUT2D eigenvalue weighted by atomic mass is 10.1. The number of aromatic nitrogens is 2. The first-order valence-electron chi connectivity index (χ1n) is 13.6. The molecule has 1 aliphatic rings. The van der Waals surface area contributed by atoms with Gasteiger partial charge in [-0.25, -0.2) is 14.4 Å². The molecular weight excluding hydrogens is 773 g/mol. The number of hydrogen-bond donors (Lipinski definition) is 1. The van der Waals surface area contributed by atoms with Crippen LogP contribution in [0.15, 0.2) is 107 Å². The van der Waals surface area contributed by atoms with Crippen LogP contribution in [-0.4, -0.2) is 46.4 Å². The van der Waals surface area contributed by atoms with E-state index in [-0.39, 0.29) is 14.7 Å². The van der Waals surface area contributed by atoms with Crippen LogP contribution < -0.4 is 26.3 Å². The second-order valence-electron chi connectivity index (χ2n) is 9.83. The number of ether oxygens (including phenoxy) is 3. The monoisotopic (exact) mass is 796 g/mol. The van der Waals surface area contributed by atoms with Gasteiger partial charge in [-0.3, -0.25) is 23.2 Å². The molecule has 5 rings (SSSR count). The molecule has 0 bridgehead atoms. The summed E-state index contributed by atoms with van der Waals surface area (Å²) in [7, 11) is -10.9. The van der Waals surface area contributed by atoms with Crippen molar-refractivity contribution in [1.82, 2.24) is 9.55 Å². The molecule has 0 aliphatic carbocycles. The number of rotatable bonds is 11. The highest BCUT2D eigenvalue weighted by Crippen LogP contribution is 2.55. The molecule has 6 atom stereocenters. The van der Waals surface area contributed by atoms with Crippen molar-refractivity contribution < 1.29 is 51.6 Å². The highest BCUT2D eigenvalue weighted by molar-refractivity contribution is 14.1. The van der Waals surface area contributed by atoms with E-state index in [1.54, 1.807) is 59.0 Å². The molecule has 1 aromatic heterocycles. The number of H-pyrrole nitrogens is 1. The third-order valence-corrected chi connectivity index (χ3v) is 11.1. The molecule has 1 saturated heterocycles. The number of phosphoric ester groups is 1. The highest BCUT2D eigenvalue weighted by Gasteiger charge is 2.51. The van der Waals surface area contributed by atoms with E-state index in [4.69, 9.17) is 18.7 Å². The van der Waals surface area contributed by atoms with Gasteiger partial charge in [0.15, 0.2) is 26.0 Å². The topological polar surface area (TPSA) is 215 Å². The number of esters is 2. The van der Waals surface area contributed by atoms with Gasteiger partial charge in [0.05, 0.1) is 17.7 Å². The molecule has 47 heavy (non-hydrogen) atoms. The lowest BCUT2D eigenvalue weighted by Crippen LogP contribution is -2.43. The Hall–Kier alpha value is -3.73. The van der Waals surface area contributed by atoms with Gasteiger partial charge in [0.25, 0.3) is 13.4 Å². The molecule has 4 aromatic rings. The van der Waals surface area contributed by atoms with E-state index in [0.29, 0.717) is 0 Å². The normalized spacial score (nSPS) is 21.7. The van der Waals surface area contributed by atoms with E-state index >= 15 is 0 Å². The van der Waals surface area contributed by atoms with Gasteiger partial charge in [0.1, 0.15) is 6.10 Å². The summed E-state index contributed by atoms with van der Waals surface area (Å²) in [5.74, 6) is -1.87. The zero-order chi connectivity index (χ0) is 33.8. The van der Waals surface area contributed by atoms with Gasteiger partial charge < -0.3 is 33.1 Å². The number of phosphoric acid groups is 1. The predicted octanol–water partition coefficient (Wildman–Crippen LogP) is 1.87. The minimum atomic E-state index is -5.65. The zero-order valence-electron chi connectivity index (χ0n) is 23.8. The molecule has 246 valence electrons. The van der Waals surface area contributed by atoms with Gasteiger partial charge >= 0.3 is 17.6 Å². The van der Waals surface area contributed by atoms with Crippen LogP contribution in [0.4, 0.5) is 0 Å². The van der Waals surface area contributed by atoms with Crippen molar-refractivity contribution in [2.24, 2.45) is 0 Å². The van der Waals surface area contributed by atoms with Crippen LogP contribution >= 0.6 is 38.0 Å². The molecule has 1 fully saturated rings. The van der Waals surface area contributed by atoms with E-state index in [2.05, 4.69) is 4.31 Å². The lowest BCUT2D eigenvalue weighted by Gasteiger charge is -2.32. The summed E-state index contributed by atoms with van der Waals surface area (Å²) in [6, 6.07) is 21.7. The van der Waals surface area contributed by atoms with E-state index in [0.717, 1.165) is 22.9 Å². The van der Waals surface area contributed by atoms with Crippen molar-refractivity contribution in [3.05, 3.63) is 133 Å². The quantitative estimate of drug-likeness (QED) is 0.131. The summed E-state index contributed by atoms with van der Waals surface area (Å²) >= 11 is 1.69. The molecule has 3 aromatic carbocycles. The third-order valence-electron chi connectivity index (χ3n) is 6.67. The van der Waals surface area contributed by atoms with E-state index in [1.165, 1.54) is 42.5 Å². The van der Waals surface area contributed by atoms with Crippen molar-refractivity contribution in [1.29, 1.82) is 0 Å². The second-order valence-corrected chi connectivity index (χ2v) is 14.3. The molecule has 15 nitrogen and oxygen atoms in total. The average Bonchev–Trinajstić information content (AvgIpc) is 3.36. The van der Waals surface area contributed by atoms with Gasteiger partial charge in [0.2, 0.25) is 0 Å². The van der Waals surface area contributed by atoms with E-state index in [9.17, 15) is 38.1 Å². The minimum absolute atomic E-state index is 0.0625. The molecule has 0 saturated carbocycles. The number of benzene rings is 3. The Labute approximate surface area is 279 Å². The average molecular weight is 796 g/mol. The number of nitrogens with zero attached hydrogens (tertiary/aromatic N) is 1. The first-order valence-corrected chi connectivity index (χ1v) is 17.6. The fraction of sp³-hybridized carbons (Fsp3) is 0.172. The molecule has 1 aliphatic heterocycles. The molecule has 0 amide bonds. The maximum absolute atomic E-state index is 13.2. The second kappa shape index (κ2) is 14.6. The Kier molecular flexibility index (Phi) is 10.7. The van der Waals surface area contributed by atoms with Crippen LogP contribution in [0.25, 0.3) is 0 Å². The van der Waals surface area contributed by atoms with Crippen molar-refractivity contribution in [2.45, 2.75) is 24.5 Å². The van der Waals surface area contributed by atoms with Crippen molar-refractivity contribution in [3.63, 3.8) is 0 Å². The maximum Gasteiger partial charge on any atom is 0.338 e. The van der Waals surface area contributed by atoms with Gasteiger partial charge in [-0.15, -0.1) is 0 Å². The Morgan fingerprint density at radius 1 is 0.830 bits per heavy atom. The molecule has 1 N–H and O–H groups in total. The molecule has 0 spiro atoms. The minimum Gasteiger partial charge on any atom is -0.775 e. The number of aromatic amines is 1. The highest BCUT2D eigenvalue weighted by atomic mass is 127. The Morgan fingerprint density at radius 2 is 1.38 bits per heavy atom. The fourth-order valence-corrected chi connectivity index (χ4v) is 8.33. The number of nitrogens with one attached hydrogen (secondary N) is 1.